The van der Waals surface area contributed by atoms with Gasteiger partial charge in [0.05, 0.1) is 11.4 Å². The van der Waals surface area contributed by atoms with Gasteiger partial charge in [-0.1, -0.05) is 0 Å². The number of aromatic nitrogens is 3. The van der Waals surface area contributed by atoms with Crippen molar-refractivity contribution in [1.29, 1.82) is 0 Å². The Morgan fingerprint density at radius 2 is 1.88 bits per heavy atom. The number of anilines is 3. The minimum Gasteiger partial charge on any atom is -0.378 e. The Morgan fingerprint density at radius 1 is 1.08 bits per heavy atom. The first-order valence-corrected chi connectivity index (χ1v) is 9.30. The van der Waals surface area contributed by atoms with E-state index >= 15 is 0 Å². The largest absolute Gasteiger partial charge is 0.378 e. The van der Waals surface area contributed by atoms with Gasteiger partial charge < -0.3 is 10.2 Å². The van der Waals surface area contributed by atoms with Crippen molar-refractivity contribution in [2.75, 3.05) is 24.3 Å². The van der Waals surface area contributed by atoms with Gasteiger partial charge in [0.2, 0.25) is 0 Å². The zero-order valence-corrected chi connectivity index (χ0v) is 15.3. The van der Waals surface area contributed by atoms with Gasteiger partial charge in [-0.2, -0.15) is 0 Å². The Kier molecular flexibility index (Phi) is 3.74. The molecule has 1 N–H and O–H groups in total. The fraction of sp³-hybridized carbons (Fsp3) is 0.176. The van der Waals surface area contributed by atoms with E-state index in [1.54, 1.807) is 22.7 Å². The highest BCUT2D eigenvalue weighted by Gasteiger charge is 2.14. The molecule has 0 aliphatic heterocycles. The molecule has 0 unspecified atom stereocenters. The van der Waals surface area contributed by atoms with E-state index in [9.17, 15) is 0 Å². The summed E-state index contributed by atoms with van der Waals surface area (Å²) in [6, 6.07) is 8.31. The second-order valence-corrected chi connectivity index (χ2v) is 7.44. The number of imidazole rings is 1. The van der Waals surface area contributed by atoms with Crippen molar-refractivity contribution in [1.82, 2.24) is 14.4 Å². The number of thiazole rings is 2. The summed E-state index contributed by atoms with van der Waals surface area (Å²) in [6.45, 7) is 2.03. The van der Waals surface area contributed by atoms with Crippen LogP contribution in [-0.4, -0.2) is 28.5 Å². The van der Waals surface area contributed by atoms with E-state index in [1.165, 1.54) is 5.69 Å². The maximum Gasteiger partial charge on any atom is 0.194 e. The van der Waals surface area contributed by atoms with Crippen LogP contribution in [0.1, 0.15) is 5.69 Å². The molecule has 0 bridgehead atoms. The predicted molar refractivity (Wildman–Crippen MR) is 103 cm³/mol. The lowest BCUT2D eigenvalue weighted by molar-refractivity contribution is 1.13. The fourth-order valence-corrected chi connectivity index (χ4v) is 4.08. The topological polar surface area (TPSA) is 45.5 Å². The molecule has 5 nitrogen and oxygen atoms in total. The molecule has 0 aliphatic carbocycles. The van der Waals surface area contributed by atoms with E-state index in [0.29, 0.717) is 0 Å². The van der Waals surface area contributed by atoms with Crippen molar-refractivity contribution >= 4 is 44.1 Å². The number of hydrogen-bond donors (Lipinski definition) is 1. The summed E-state index contributed by atoms with van der Waals surface area (Å²) >= 11 is 3.24. The Labute approximate surface area is 148 Å². The molecule has 1 aromatic carbocycles. The van der Waals surface area contributed by atoms with Crippen LogP contribution in [0.4, 0.5) is 16.5 Å². The Morgan fingerprint density at radius 3 is 2.62 bits per heavy atom. The highest BCUT2D eigenvalue weighted by atomic mass is 32.1. The van der Waals surface area contributed by atoms with Gasteiger partial charge in [0.25, 0.3) is 0 Å². The normalized spacial score (nSPS) is 11.1. The molecule has 0 saturated heterocycles. The first-order chi connectivity index (χ1) is 11.6. The number of benzene rings is 1. The van der Waals surface area contributed by atoms with Gasteiger partial charge in [-0.25, -0.2) is 9.97 Å². The second-order valence-electron chi connectivity index (χ2n) is 5.71. The average Bonchev–Trinajstić information content (AvgIpc) is 3.24. The molecule has 3 heterocycles. The maximum absolute atomic E-state index is 4.74. The molecule has 122 valence electrons. The summed E-state index contributed by atoms with van der Waals surface area (Å²) in [5.74, 6) is 0. The second kappa shape index (κ2) is 5.92. The third-order valence-corrected chi connectivity index (χ3v) is 5.33. The van der Waals surface area contributed by atoms with E-state index in [1.807, 2.05) is 32.6 Å². The van der Waals surface area contributed by atoms with Crippen molar-refractivity contribution in [3.8, 4) is 11.4 Å². The fourth-order valence-electron chi connectivity index (χ4n) is 2.61. The van der Waals surface area contributed by atoms with E-state index in [-0.39, 0.29) is 0 Å². The van der Waals surface area contributed by atoms with Gasteiger partial charge in [-0.3, -0.25) is 4.40 Å². The van der Waals surface area contributed by atoms with E-state index in [4.69, 9.17) is 4.98 Å². The SMILES string of the molecule is Cc1nc2sccn2c1-c1csc(Nc2ccc(N(C)C)cc2)n1. The predicted octanol–water partition coefficient (Wildman–Crippen LogP) is 4.64. The number of hydrogen-bond acceptors (Lipinski definition) is 6. The highest BCUT2D eigenvalue weighted by Crippen LogP contribution is 2.31. The molecule has 0 fully saturated rings. The number of fused-ring (bicyclic) bond motifs is 1. The molecule has 0 atom stereocenters. The van der Waals surface area contributed by atoms with Gasteiger partial charge in [0.1, 0.15) is 5.69 Å². The smallest absolute Gasteiger partial charge is 0.194 e. The van der Waals surface area contributed by atoms with Crippen molar-refractivity contribution < 1.29 is 0 Å². The zero-order chi connectivity index (χ0) is 16.7. The molecule has 4 aromatic rings. The number of aryl methyl sites for hydroxylation is 1. The van der Waals surface area contributed by atoms with Crippen LogP contribution in [0.3, 0.4) is 0 Å². The van der Waals surface area contributed by atoms with Crippen molar-refractivity contribution in [3.05, 3.63) is 46.9 Å². The van der Waals surface area contributed by atoms with Crippen LogP contribution in [0.25, 0.3) is 16.3 Å². The van der Waals surface area contributed by atoms with Crippen LogP contribution in [0.2, 0.25) is 0 Å². The van der Waals surface area contributed by atoms with Gasteiger partial charge in [-0.15, -0.1) is 22.7 Å². The number of nitrogens with one attached hydrogen (secondary N) is 1. The van der Waals surface area contributed by atoms with Gasteiger partial charge in [-0.05, 0) is 31.2 Å². The third kappa shape index (κ3) is 2.65. The summed E-state index contributed by atoms with van der Waals surface area (Å²) in [4.78, 5) is 12.4. The van der Waals surface area contributed by atoms with Crippen LogP contribution in [0.15, 0.2) is 41.2 Å². The van der Waals surface area contributed by atoms with Crippen molar-refractivity contribution in [3.63, 3.8) is 0 Å². The van der Waals surface area contributed by atoms with E-state index in [2.05, 4.69) is 49.2 Å². The lowest BCUT2D eigenvalue weighted by atomic mass is 10.2. The first kappa shape index (κ1) is 15.2. The van der Waals surface area contributed by atoms with Crippen LogP contribution < -0.4 is 10.2 Å². The molecule has 0 aliphatic rings. The molecular weight excluding hydrogens is 338 g/mol. The Balaban J connectivity index is 1.61. The minimum atomic E-state index is 0.882. The summed E-state index contributed by atoms with van der Waals surface area (Å²) in [6.07, 6.45) is 2.04. The molecular formula is C17H17N5S2. The zero-order valence-electron chi connectivity index (χ0n) is 13.6. The number of rotatable bonds is 4. The van der Waals surface area contributed by atoms with E-state index < -0.39 is 0 Å². The van der Waals surface area contributed by atoms with Crippen LogP contribution >= 0.6 is 22.7 Å². The Bertz CT molecular complexity index is 978. The maximum atomic E-state index is 4.74. The lowest BCUT2D eigenvalue weighted by Gasteiger charge is -2.12. The number of nitrogens with zero attached hydrogens (tertiary/aromatic N) is 4. The summed E-state index contributed by atoms with van der Waals surface area (Å²) in [5, 5.41) is 8.38. The molecule has 3 aromatic heterocycles. The quantitative estimate of drug-likeness (QED) is 0.579. The van der Waals surface area contributed by atoms with Gasteiger partial charge in [0.15, 0.2) is 10.1 Å². The molecule has 4 rings (SSSR count). The summed E-state index contributed by atoms with van der Waals surface area (Å²) in [5.41, 5.74) is 5.24. The molecule has 0 spiro atoms. The lowest BCUT2D eigenvalue weighted by Crippen LogP contribution is -2.08. The summed E-state index contributed by atoms with van der Waals surface area (Å²) < 4.78 is 2.10. The molecule has 7 heteroatoms. The summed E-state index contributed by atoms with van der Waals surface area (Å²) in [7, 11) is 4.07. The Hall–Kier alpha value is -2.38. The first-order valence-electron chi connectivity index (χ1n) is 7.54. The third-order valence-electron chi connectivity index (χ3n) is 3.82. The molecule has 0 saturated carbocycles. The minimum absolute atomic E-state index is 0.882. The van der Waals surface area contributed by atoms with Gasteiger partial charge >= 0.3 is 0 Å². The highest BCUT2D eigenvalue weighted by molar-refractivity contribution is 7.15. The average molecular weight is 355 g/mol. The van der Waals surface area contributed by atoms with Gasteiger partial charge in [0, 0.05) is 42.4 Å². The van der Waals surface area contributed by atoms with Crippen molar-refractivity contribution in [2.24, 2.45) is 0 Å². The van der Waals surface area contributed by atoms with Crippen LogP contribution in [-0.2, 0) is 0 Å². The molecule has 0 radical (unpaired) electrons. The van der Waals surface area contributed by atoms with Crippen LogP contribution in [0.5, 0.6) is 0 Å². The monoisotopic (exact) mass is 355 g/mol. The molecule has 0 amide bonds. The van der Waals surface area contributed by atoms with Crippen molar-refractivity contribution in [2.45, 2.75) is 6.92 Å². The molecule has 24 heavy (non-hydrogen) atoms. The van der Waals surface area contributed by atoms with E-state index in [0.717, 1.165) is 32.9 Å². The standard InChI is InChI=1S/C17H17N5S2/c1-11-15(22-8-9-23-17(22)18-11)14-10-24-16(20-14)19-12-4-6-13(7-5-12)21(2)3/h4-10H,1-3H3,(H,19,20). The van der Waals surface area contributed by atoms with Crippen LogP contribution in [0, 0.1) is 6.92 Å².